The van der Waals surface area contributed by atoms with Gasteiger partial charge in [0.2, 0.25) is 0 Å². The van der Waals surface area contributed by atoms with E-state index in [9.17, 15) is 28.8 Å². The maximum atomic E-state index is 13.5. The molecule has 0 radical (unpaired) electrons. The lowest BCUT2D eigenvalue weighted by atomic mass is 9.86. The number of anilines is 2. The molecule has 2 N–H and O–H groups in total. The van der Waals surface area contributed by atoms with Crippen LogP contribution in [-0.2, 0) is 20.9 Å². The smallest absolute Gasteiger partial charge is 0.410 e. The van der Waals surface area contributed by atoms with E-state index in [1.165, 1.54) is 0 Å². The topological polar surface area (TPSA) is 174 Å². The Balaban J connectivity index is 0.000000185. The average molecular weight is 1260 g/mol. The first-order valence-corrected chi connectivity index (χ1v) is 32.6. The Bertz CT molecular complexity index is 3460. The molecule has 12 rings (SSSR count). The van der Waals surface area contributed by atoms with E-state index in [2.05, 4.69) is 20.4 Å². The number of para-hydroxylation sites is 4. The van der Waals surface area contributed by atoms with Crippen LogP contribution in [0.15, 0.2) is 146 Å². The molecule has 6 aliphatic heterocycles. The van der Waals surface area contributed by atoms with E-state index in [0.717, 1.165) is 136 Å². The van der Waals surface area contributed by atoms with Gasteiger partial charge in [-0.1, -0.05) is 108 Å². The molecule has 0 aromatic heterocycles. The predicted molar refractivity (Wildman–Crippen MR) is 349 cm³/mol. The molecule has 6 aromatic carbocycles. The molecule has 472 valence electrons. The first-order valence-electron chi connectivity index (χ1n) is 31.8. The van der Waals surface area contributed by atoms with E-state index in [0.29, 0.717) is 85.4 Å². The van der Waals surface area contributed by atoms with Crippen LogP contribution in [-0.4, -0.2) is 160 Å². The van der Waals surface area contributed by atoms with Crippen molar-refractivity contribution in [1.82, 2.24) is 30.2 Å². The Morgan fingerprint density at radius 1 is 0.478 bits per heavy atom. The molecule has 6 heterocycles. The predicted octanol–water partition coefficient (Wildman–Crippen LogP) is 11.0. The summed E-state index contributed by atoms with van der Waals surface area (Å²) in [7, 11) is 0. The Morgan fingerprint density at radius 2 is 0.900 bits per heavy atom. The molecule has 90 heavy (non-hydrogen) atoms. The Hall–Kier alpha value is -7.96. The Morgan fingerprint density at radius 3 is 1.37 bits per heavy atom. The van der Waals surface area contributed by atoms with Gasteiger partial charge in [0.15, 0.2) is 13.2 Å². The number of halogens is 2. The van der Waals surface area contributed by atoms with Crippen molar-refractivity contribution < 1.29 is 43.0 Å². The van der Waals surface area contributed by atoms with Crippen LogP contribution in [0, 0.1) is 11.8 Å². The number of nitrogens with one attached hydrogen (secondary N) is 2. The number of fused-ring (bicyclic) bond motifs is 2. The summed E-state index contributed by atoms with van der Waals surface area (Å²) in [5.74, 6) is 2.50. The van der Waals surface area contributed by atoms with E-state index >= 15 is 0 Å². The van der Waals surface area contributed by atoms with Gasteiger partial charge < -0.3 is 54.2 Å². The van der Waals surface area contributed by atoms with Crippen LogP contribution in [0.3, 0.4) is 0 Å². The Kier molecular flexibility index (Phi) is 21.7. The monoisotopic (exact) mass is 1260 g/mol. The van der Waals surface area contributed by atoms with E-state index in [1.54, 1.807) is 17.0 Å². The summed E-state index contributed by atoms with van der Waals surface area (Å²) in [4.78, 5) is 89.5. The molecule has 0 aliphatic carbocycles. The van der Waals surface area contributed by atoms with E-state index in [-0.39, 0.29) is 67.3 Å². The first-order chi connectivity index (χ1) is 43.9. The standard InChI is InChI=1S/C36H41ClN4O5.C35H39ClN4O4/c37-29-10-11-30(28-14-16-39(17-15-28)20-21-41-32-8-4-5-9-33(32)45-25-34(41)42)31(22-29)35(43)38-23-26-12-18-40(19-13-26)36(44)46-24-27-6-2-1-3-7-27;36-28-10-11-29(26-14-16-38(17-15-26)20-21-40-31-8-4-5-9-32(31)44-24-33(40)41)30(22-28)34(42)37-23-25-12-18-39(19-13-25)35(43)27-6-2-1-3-7-27/h1-11,22,26,28H,12-21,23-25H2,(H,38,43);1-11,22,25-26H,12-21,23-24H2,(H,37,42). The minimum atomic E-state index is -0.291. The van der Waals surface area contributed by atoms with Crippen molar-refractivity contribution in [2.75, 3.05) is 115 Å². The van der Waals surface area contributed by atoms with Gasteiger partial charge in [0.05, 0.1) is 11.4 Å². The molecule has 0 unspecified atom stereocenters. The lowest BCUT2D eigenvalue weighted by Crippen LogP contribution is -2.45. The van der Waals surface area contributed by atoms with Gasteiger partial charge in [-0.3, -0.25) is 24.0 Å². The van der Waals surface area contributed by atoms with Crippen LogP contribution in [0.5, 0.6) is 11.5 Å². The average Bonchev–Trinajstić information content (AvgIpc) is 1.76. The van der Waals surface area contributed by atoms with Crippen LogP contribution in [0.1, 0.15) is 111 Å². The highest BCUT2D eigenvalue weighted by molar-refractivity contribution is 6.31. The summed E-state index contributed by atoms with van der Waals surface area (Å²) in [6.45, 7) is 10.6. The number of hydrogen-bond donors (Lipinski definition) is 2. The van der Waals surface area contributed by atoms with Crippen LogP contribution in [0.25, 0.3) is 0 Å². The summed E-state index contributed by atoms with van der Waals surface area (Å²) in [5, 5.41) is 7.42. The molecule has 6 aromatic rings. The quantitative estimate of drug-likeness (QED) is 0.0890. The zero-order valence-corrected chi connectivity index (χ0v) is 52.5. The highest BCUT2D eigenvalue weighted by Crippen LogP contribution is 2.37. The molecular formula is C71H80Cl2N8O9. The zero-order chi connectivity index (χ0) is 62.3. The molecule has 19 heteroatoms. The summed E-state index contributed by atoms with van der Waals surface area (Å²) < 4.78 is 16.6. The van der Waals surface area contributed by atoms with Gasteiger partial charge in [-0.25, -0.2) is 4.79 Å². The van der Waals surface area contributed by atoms with Gasteiger partial charge in [-0.15, -0.1) is 0 Å². The molecule has 0 atom stereocenters. The number of ether oxygens (including phenoxy) is 3. The first kappa shape index (κ1) is 63.6. The van der Waals surface area contributed by atoms with Gasteiger partial charge in [-0.2, -0.15) is 0 Å². The van der Waals surface area contributed by atoms with Crippen LogP contribution in [0.2, 0.25) is 10.0 Å². The summed E-state index contributed by atoms with van der Waals surface area (Å²) in [5.41, 5.74) is 6.73. The largest absolute Gasteiger partial charge is 0.482 e. The summed E-state index contributed by atoms with van der Waals surface area (Å²) in [6.07, 6.45) is 6.77. The molecular weight excluding hydrogens is 1180 g/mol. The molecule has 6 aliphatic rings. The van der Waals surface area contributed by atoms with Crippen molar-refractivity contribution in [3.63, 3.8) is 0 Å². The third kappa shape index (κ3) is 16.3. The molecule has 4 saturated heterocycles. The SMILES string of the molecule is O=C(NCC1CCN(C(=O)OCc2ccccc2)CC1)c1cc(Cl)ccc1C1CCN(CCN2C(=O)COc3ccccc32)CC1.O=C(NCC1CCN(C(=O)c2ccccc2)CC1)c1cc(Cl)ccc1C1CCN(CCN2C(=O)COc3ccccc32)CC1. The fourth-order valence-corrected chi connectivity index (χ4v) is 13.6. The number of rotatable bonds is 17. The lowest BCUT2D eigenvalue weighted by molar-refractivity contribution is -0.122. The Labute approximate surface area is 537 Å². The molecule has 0 bridgehead atoms. The number of benzene rings is 6. The number of carbonyl (C=O) groups is 6. The highest BCUT2D eigenvalue weighted by atomic mass is 35.5. The second-order valence-electron chi connectivity index (χ2n) is 24.3. The fourth-order valence-electron chi connectivity index (χ4n) is 13.3. The van der Waals surface area contributed by atoms with Crippen molar-refractivity contribution in [2.45, 2.75) is 69.8 Å². The molecule has 17 nitrogen and oxygen atoms in total. The lowest BCUT2D eigenvalue weighted by Gasteiger charge is -2.35. The number of hydrogen-bond acceptors (Lipinski definition) is 11. The maximum absolute atomic E-state index is 13.5. The van der Waals surface area contributed by atoms with Crippen molar-refractivity contribution in [1.29, 1.82) is 0 Å². The van der Waals surface area contributed by atoms with E-state index in [4.69, 9.17) is 37.4 Å². The number of likely N-dealkylation sites (tertiary alicyclic amines) is 4. The second-order valence-corrected chi connectivity index (χ2v) is 25.2. The van der Waals surface area contributed by atoms with Crippen molar-refractivity contribution in [3.8, 4) is 11.5 Å². The van der Waals surface area contributed by atoms with Crippen LogP contribution < -0.4 is 29.9 Å². The van der Waals surface area contributed by atoms with Crippen molar-refractivity contribution in [3.05, 3.63) is 189 Å². The van der Waals surface area contributed by atoms with Gasteiger partial charge in [-0.05, 0) is 179 Å². The third-order valence-electron chi connectivity index (χ3n) is 18.6. The molecule has 4 fully saturated rings. The molecule has 6 amide bonds. The van der Waals surface area contributed by atoms with Gasteiger partial charge in [0.1, 0.15) is 18.1 Å². The minimum absolute atomic E-state index is 0.0124. The molecule has 0 spiro atoms. The highest BCUT2D eigenvalue weighted by Gasteiger charge is 2.32. The number of carbonyl (C=O) groups excluding carboxylic acids is 6. The zero-order valence-electron chi connectivity index (χ0n) is 51.0. The van der Waals surface area contributed by atoms with Crippen molar-refractivity contribution in [2.24, 2.45) is 11.8 Å². The van der Waals surface area contributed by atoms with E-state index < -0.39 is 0 Å². The molecule has 0 saturated carbocycles. The van der Waals surface area contributed by atoms with E-state index in [1.807, 2.05) is 148 Å². The van der Waals surface area contributed by atoms with Crippen LogP contribution >= 0.6 is 23.2 Å². The van der Waals surface area contributed by atoms with Crippen LogP contribution in [0.4, 0.5) is 16.2 Å². The van der Waals surface area contributed by atoms with Gasteiger partial charge in [0, 0.05) is 92.2 Å². The third-order valence-corrected chi connectivity index (χ3v) is 19.0. The van der Waals surface area contributed by atoms with Gasteiger partial charge >= 0.3 is 6.09 Å². The fraction of sp³-hybridized carbons (Fsp3) is 0.408. The number of piperidine rings is 4. The minimum Gasteiger partial charge on any atom is -0.482 e. The number of amides is 6. The normalized spacial score (nSPS) is 17.9. The number of nitrogens with zero attached hydrogens (tertiary/aromatic N) is 6. The van der Waals surface area contributed by atoms with Gasteiger partial charge in [0.25, 0.3) is 29.5 Å². The van der Waals surface area contributed by atoms with Crippen molar-refractivity contribution >= 4 is 70.2 Å². The summed E-state index contributed by atoms with van der Waals surface area (Å²) >= 11 is 12.7. The summed E-state index contributed by atoms with van der Waals surface area (Å²) in [6, 6.07) is 45.7. The maximum Gasteiger partial charge on any atom is 0.410 e. The second kappa shape index (κ2) is 30.7.